The molecule has 1 atom stereocenters. The maximum absolute atomic E-state index is 12.9. The summed E-state index contributed by atoms with van der Waals surface area (Å²) >= 11 is 0. The van der Waals surface area contributed by atoms with Crippen molar-refractivity contribution in [2.45, 2.75) is 13.0 Å². The summed E-state index contributed by atoms with van der Waals surface area (Å²) in [6.07, 6.45) is -1.05. The van der Waals surface area contributed by atoms with Gasteiger partial charge in [0.05, 0.1) is 16.6 Å². The molecular weight excluding hydrogens is 317 g/mol. The van der Waals surface area contributed by atoms with E-state index >= 15 is 0 Å². The third kappa shape index (κ3) is 3.85. The molecule has 0 heterocycles. The van der Waals surface area contributed by atoms with Crippen LogP contribution in [-0.4, -0.2) is 22.5 Å². The third-order valence-electron chi connectivity index (χ3n) is 3.45. The summed E-state index contributed by atoms with van der Waals surface area (Å²) in [6.45, 7) is 1.46. The van der Waals surface area contributed by atoms with E-state index in [1.807, 2.05) is 0 Å². The van der Waals surface area contributed by atoms with Gasteiger partial charge in [-0.1, -0.05) is 12.1 Å². The van der Waals surface area contributed by atoms with E-state index in [0.717, 1.165) is 0 Å². The van der Waals surface area contributed by atoms with Crippen molar-refractivity contribution in [3.8, 4) is 0 Å². The molecule has 0 saturated carbocycles. The monoisotopic (exact) mass is 333 g/mol. The molecule has 0 saturated heterocycles. The third-order valence-corrected chi connectivity index (χ3v) is 3.45. The first-order valence-corrected chi connectivity index (χ1v) is 7.06. The molecule has 126 valence electrons. The zero-order valence-corrected chi connectivity index (χ0v) is 12.8. The predicted molar refractivity (Wildman–Crippen MR) is 85.9 cm³/mol. The van der Waals surface area contributed by atoms with Crippen LogP contribution < -0.4 is 11.1 Å². The van der Waals surface area contributed by atoms with Crippen LogP contribution in [0.3, 0.4) is 0 Å². The minimum Gasteiger partial charge on any atom is -0.393 e. The number of nitro benzene ring substituents is 1. The van der Waals surface area contributed by atoms with Gasteiger partial charge in [0.25, 0.3) is 11.6 Å². The maximum atomic E-state index is 12.9. The summed E-state index contributed by atoms with van der Waals surface area (Å²) in [5, 5.41) is 23.4. The molecule has 2 rings (SSSR count). The van der Waals surface area contributed by atoms with Gasteiger partial charge in [-0.2, -0.15) is 0 Å². The lowest BCUT2D eigenvalue weighted by atomic mass is 10.1. The number of amides is 1. The molecule has 7 nitrogen and oxygen atoms in total. The first kappa shape index (κ1) is 17.4. The Kier molecular flexibility index (Phi) is 5.10. The van der Waals surface area contributed by atoms with Crippen LogP contribution in [-0.2, 0) is 0 Å². The molecule has 0 aliphatic heterocycles. The number of nitrogens with zero attached hydrogens (tertiary/aromatic N) is 1. The summed E-state index contributed by atoms with van der Waals surface area (Å²) in [5.74, 6) is -1.07. The quantitative estimate of drug-likeness (QED) is 0.440. The molecular formula is C16H16FN3O4. The van der Waals surface area contributed by atoms with Crippen molar-refractivity contribution < 1.29 is 19.2 Å². The fraction of sp³-hybridized carbons (Fsp3) is 0.188. The number of nitrogens with two attached hydrogens (primary N) is 1. The van der Waals surface area contributed by atoms with E-state index in [9.17, 15) is 24.4 Å². The topological polar surface area (TPSA) is 118 Å². The number of rotatable bonds is 5. The lowest BCUT2D eigenvalue weighted by Crippen LogP contribution is -2.29. The van der Waals surface area contributed by atoms with Crippen LogP contribution in [0.15, 0.2) is 36.4 Å². The van der Waals surface area contributed by atoms with E-state index in [4.69, 9.17) is 5.73 Å². The highest BCUT2D eigenvalue weighted by atomic mass is 19.1. The molecule has 24 heavy (non-hydrogen) atoms. The van der Waals surface area contributed by atoms with E-state index in [-0.39, 0.29) is 23.5 Å². The largest absolute Gasteiger partial charge is 0.393 e. The van der Waals surface area contributed by atoms with Crippen molar-refractivity contribution in [2.75, 3.05) is 12.3 Å². The number of hydrogen-bond acceptors (Lipinski definition) is 5. The molecule has 0 radical (unpaired) electrons. The number of hydrogen-bond donors (Lipinski definition) is 3. The molecule has 0 spiro atoms. The van der Waals surface area contributed by atoms with Crippen LogP contribution in [0, 0.1) is 22.9 Å². The smallest absolute Gasteiger partial charge is 0.293 e. The Morgan fingerprint density at radius 3 is 2.58 bits per heavy atom. The highest BCUT2D eigenvalue weighted by Crippen LogP contribution is 2.27. The number of nitro groups is 1. The fourth-order valence-corrected chi connectivity index (χ4v) is 2.20. The Hall–Kier alpha value is -3.00. The molecule has 1 unspecified atom stereocenters. The number of aryl methyl sites for hydroxylation is 1. The number of nitrogens with one attached hydrogen (secondary N) is 1. The number of carbonyl (C=O) groups is 1. The highest BCUT2D eigenvalue weighted by Gasteiger charge is 2.21. The molecule has 2 aromatic rings. The number of halogens is 1. The Labute approximate surface area is 137 Å². The fourth-order valence-electron chi connectivity index (χ4n) is 2.20. The predicted octanol–water partition coefficient (Wildman–Crippen LogP) is 2.09. The van der Waals surface area contributed by atoms with Gasteiger partial charge in [-0.25, -0.2) is 4.39 Å². The van der Waals surface area contributed by atoms with Crippen molar-refractivity contribution in [3.05, 3.63) is 69.0 Å². The van der Waals surface area contributed by atoms with E-state index in [1.165, 1.54) is 36.4 Å². The van der Waals surface area contributed by atoms with Crippen LogP contribution in [0.1, 0.15) is 27.6 Å². The Morgan fingerprint density at radius 1 is 1.38 bits per heavy atom. The van der Waals surface area contributed by atoms with Gasteiger partial charge in [-0.05, 0) is 36.2 Å². The summed E-state index contributed by atoms with van der Waals surface area (Å²) in [7, 11) is 0. The second kappa shape index (κ2) is 7.05. The van der Waals surface area contributed by atoms with E-state index < -0.39 is 22.8 Å². The Bertz CT molecular complexity index is 778. The molecule has 0 fully saturated rings. The van der Waals surface area contributed by atoms with Gasteiger partial charge in [0, 0.05) is 12.6 Å². The second-order valence-corrected chi connectivity index (χ2v) is 5.28. The zero-order valence-electron chi connectivity index (χ0n) is 12.8. The number of aliphatic hydroxyl groups excluding tert-OH is 1. The molecule has 0 bridgehead atoms. The van der Waals surface area contributed by atoms with Crippen molar-refractivity contribution >= 4 is 17.3 Å². The molecule has 0 aromatic heterocycles. The van der Waals surface area contributed by atoms with Gasteiger partial charge < -0.3 is 16.2 Å². The summed E-state index contributed by atoms with van der Waals surface area (Å²) in [6, 6.07) is 7.90. The normalized spacial score (nSPS) is 11.8. The van der Waals surface area contributed by atoms with Crippen molar-refractivity contribution in [2.24, 2.45) is 0 Å². The Morgan fingerprint density at radius 2 is 2.00 bits per heavy atom. The average molecular weight is 333 g/mol. The molecule has 1 amide bonds. The van der Waals surface area contributed by atoms with Crippen LogP contribution in [0.4, 0.5) is 15.8 Å². The van der Waals surface area contributed by atoms with Crippen LogP contribution in [0.2, 0.25) is 0 Å². The number of benzene rings is 2. The van der Waals surface area contributed by atoms with E-state index in [1.54, 1.807) is 6.92 Å². The van der Waals surface area contributed by atoms with Gasteiger partial charge in [-0.3, -0.25) is 14.9 Å². The average Bonchev–Trinajstić information content (AvgIpc) is 2.54. The standard InChI is InChI=1S/C16H16FN3O4/c1-9-6-12(15(18)13(7-9)20(23)24)16(22)19-8-14(21)10-2-4-11(17)5-3-10/h2-7,14,21H,8,18H2,1H3,(H,19,22). The molecule has 2 aromatic carbocycles. The van der Waals surface area contributed by atoms with Gasteiger partial charge in [0.15, 0.2) is 0 Å². The summed E-state index contributed by atoms with van der Waals surface area (Å²) < 4.78 is 12.9. The minimum absolute atomic E-state index is 0.0343. The minimum atomic E-state index is -1.05. The zero-order chi connectivity index (χ0) is 17.9. The van der Waals surface area contributed by atoms with Gasteiger partial charge >= 0.3 is 0 Å². The molecule has 0 aliphatic carbocycles. The summed E-state index contributed by atoms with van der Waals surface area (Å²) in [5.41, 5.74) is 6.01. The first-order valence-electron chi connectivity index (χ1n) is 7.06. The lowest BCUT2D eigenvalue weighted by Gasteiger charge is -2.13. The lowest BCUT2D eigenvalue weighted by molar-refractivity contribution is -0.384. The van der Waals surface area contributed by atoms with Crippen LogP contribution >= 0.6 is 0 Å². The maximum Gasteiger partial charge on any atom is 0.293 e. The molecule has 8 heteroatoms. The van der Waals surface area contributed by atoms with Crippen molar-refractivity contribution in [3.63, 3.8) is 0 Å². The van der Waals surface area contributed by atoms with Crippen molar-refractivity contribution in [1.29, 1.82) is 0 Å². The van der Waals surface area contributed by atoms with E-state index in [2.05, 4.69) is 5.32 Å². The number of aliphatic hydroxyl groups is 1. The van der Waals surface area contributed by atoms with Crippen LogP contribution in [0.25, 0.3) is 0 Å². The first-order chi connectivity index (χ1) is 11.3. The van der Waals surface area contributed by atoms with Crippen molar-refractivity contribution in [1.82, 2.24) is 5.32 Å². The second-order valence-electron chi connectivity index (χ2n) is 5.28. The number of nitrogen functional groups attached to an aromatic ring is 1. The summed E-state index contributed by atoms with van der Waals surface area (Å²) in [4.78, 5) is 22.5. The van der Waals surface area contributed by atoms with Crippen LogP contribution in [0.5, 0.6) is 0 Å². The molecule has 4 N–H and O–H groups in total. The Balaban J connectivity index is 2.13. The van der Waals surface area contributed by atoms with Gasteiger partial charge in [-0.15, -0.1) is 0 Å². The van der Waals surface area contributed by atoms with E-state index in [0.29, 0.717) is 11.1 Å². The SMILES string of the molecule is Cc1cc(C(=O)NCC(O)c2ccc(F)cc2)c(N)c([N+](=O)[O-])c1. The van der Waals surface area contributed by atoms with Gasteiger partial charge in [0.1, 0.15) is 11.5 Å². The number of anilines is 1. The molecule has 0 aliphatic rings. The highest BCUT2D eigenvalue weighted by molar-refractivity contribution is 6.01. The number of carbonyl (C=O) groups excluding carboxylic acids is 1. The van der Waals surface area contributed by atoms with Gasteiger partial charge in [0.2, 0.25) is 0 Å².